The molecule has 2 aromatic rings. The van der Waals surface area contributed by atoms with Crippen molar-refractivity contribution in [2.24, 2.45) is 0 Å². The first-order valence-electron chi connectivity index (χ1n) is 9.10. The minimum atomic E-state index is 0.107. The predicted molar refractivity (Wildman–Crippen MR) is 95.9 cm³/mol. The number of hydrogen-bond donors (Lipinski definition) is 0. The summed E-state index contributed by atoms with van der Waals surface area (Å²) in [5, 5.41) is 8.49. The molecule has 1 unspecified atom stereocenters. The van der Waals surface area contributed by atoms with Gasteiger partial charge in [-0.2, -0.15) is 0 Å². The van der Waals surface area contributed by atoms with Crippen LogP contribution in [0.4, 0.5) is 0 Å². The lowest BCUT2D eigenvalue weighted by Gasteiger charge is -2.35. The Hall–Kier alpha value is -2.21. The van der Waals surface area contributed by atoms with Crippen molar-refractivity contribution < 1.29 is 9.53 Å². The topological polar surface area (TPSA) is 60.2 Å². The van der Waals surface area contributed by atoms with Gasteiger partial charge in [-0.1, -0.05) is 35.5 Å². The highest BCUT2D eigenvalue weighted by Crippen LogP contribution is 2.21. The molecule has 0 N–H and O–H groups in total. The van der Waals surface area contributed by atoms with Crippen molar-refractivity contribution in [1.29, 1.82) is 0 Å². The first-order chi connectivity index (χ1) is 12.3. The molecule has 1 amide bonds. The molecule has 6 heteroatoms. The maximum absolute atomic E-state index is 12.3. The molecule has 2 heterocycles. The van der Waals surface area contributed by atoms with Crippen LogP contribution in [0.1, 0.15) is 32.6 Å². The van der Waals surface area contributed by atoms with Gasteiger partial charge in [-0.25, -0.2) is 0 Å². The van der Waals surface area contributed by atoms with Gasteiger partial charge < -0.3 is 9.64 Å². The zero-order valence-corrected chi connectivity index (χ0v) is 14.8. The summed E-state index contributed by atoms with van der Waals surface area (Å²) < 4.78 is 7.17. The molecule has 0 aliphatic carbocycles. The van der Waals surface area contributed by atoms with E-state index in [0.717, 1.165) is 43.6 Å². The van der Waals surface area contributed by atoms with Crippen LogP contribution >= 0.6 is 0 Å². The molecule has 0 radical (unpaired) electrons. The average Bonchev–Trinajstić information content (AvgIpc) is 3.14. The Balaban J connectivity index is 1.58. The van der Waals surface area contributed by atoms with Gasteiger partial charge in [0.05, 0.1) is 6.20 Å². The summed E-state index contributed by atoms with van der Waals surface area (Å²) >= 11 is 0. The highest BCUT2D eigenvalue weighted by molar-refractivity contribution is 5.77. The summed E-state index contributed by atoms with van der Waals surface area (Å²) in [6.45, 7) is 4.28. The number of hydrogen-bond acceptors (Lipinski definition) is 4. The number of aromatic nitrogens is 3. The normalized spacial score (nSPS) is 17.6. The van der Waals surface area contributed by atoms with Crippen molar-refractivity contribution in [1.82, 2.24) is 19.9 Å². The van der Waals surface area contributed by atoms with Gasteiger partial charge in [-0.05, 0) is 32.6 Å². The maximum atomic E-state index is 12.3. The molecule has 6 nitrogen and oxygen atoms in total. The lowest BCUT2D eigenvalue weighted by molar-refractivity contribution is -0.139. The highest BCUT2D eigenvalue weighted by atomic mass is 16.5. The number of benzene rings is 1. The van der Waals surface area contributed by atoms with Crippen LogP contribution in [0.2, 0.25) is 0 Å². The van der Waals surface area contributed by atoms with Gasteiger partial charge in [0, 0.05) is 31.3 Å². The molecule has 0 spiro atoms. The number of nitrogens with zero attached hydrogens (tertiary/aromatic N) is 4. The third-order valence-corrected chi connectivity index (χ3v) is 4.68. The van der Waals surface area contributed by atoms with E-state index in [9.17, 15) is 4.79 Å². The number of carbonyl (C=O) groups is 1. The molecule has 3 rings (SSSR count). The zero-order chi connectivity index (χ0) is 17.5. The molecule has 1 aromatic carbocycles. The first kappa shape index (κ1) is 17.6. The van der Waals surface area contributed by atoms with E-state index in [4.69, 9.17) is 4.74 Å². The fourth-order valence-corrected chi connectivity index (χ4v) is 3.33. The second-order valence-electron chi connectivity index (χ2n) is 6.40. The van der Waals surface area contributed by atoms with Gasteiger partial charge in [0.2, 0.25) is 5.91 Å². The summed E-state index contributed by atoms with van der Waals surface area (Å²) in [5.74, 6) is 0.107. The Bertz CT molecular complexity index is 671. The van der Waals surface area contributed by atoms with Crippen molar-refractivity contribution >= 4 is 5.91 Å². The van der Waals surface area contributed by atoms with Crippen LogP contribution in [-0.4, -0.2) is 51.6 Å². The van der Waals surface area contributed by atoms with E-state index in [0.29, 0.717) is 6.61 Å². The van der Waals surface area contributed by atoms with Crippen LogP contribution < -0.4 is 0 Å². The third kappa shape index (κ3) is 4.66. The third-order valence-electron chi connectivity index (χ3n) is 4.68. The Morgan fingerprint density at radius 2 is 2.12 bits per heavy atom. The molecule has 1 saturated heterocycles. The smallest absolute Gasteiger partial charge is 0.248 e. The van der Waals surface area contributed by atoms with Gasteiger partial charge >= 0.3 is 0 Å². The van der Waals surface area contributed by atoms with Crippen molar-refractivity contribution in [3.8, 4) is 11.3 Å². The van der Waals surface area contributed by atoms with Gasteiger partial charge in [0.1, 0.15) is 12.3 Å². The van der Waals surface area contributed by atoms with E-state index in [1.807, 2.05) is 53.0 Å². The molecule has 25 heavy (non-hydrogen) atoms. The maximum Gasteiger partial charge on any atom is 0.248 e. The number of likely N-dealkylation sites (tertiary alicyclic amines) is 1. The second kappa shape index (κ2) is 8.76. The van der Waals surface area contributed by atoms with Gasteiger partial charge in [0.15, 0.2) is 0 Å². The number of piperidine rings is 1. The monoisotopic (exact) mass is 342 g/mol. The Kier molecular flexibility index (Phi) is 6.17. The van der Waals surface area contributed by atoms with E-state index in [1.165, 1.54) is 6.42 Å². The van der Waals surface area contributed by atoms with Crippen molar-refractivity contribution in [2.45, 2.75) is 45.2 Å². The van der Waals surface area contributed by atoms with E-state index < -0.39 is 0 Å². The number of rotatable bonds is 7. The standard InChI is InChI=1S/C19H26N4O2/c1-2-25-15-19(24)23-12-7-6-10-17(23)11-13-22-14-18(20-21-22)16-8-4-3-5-9-16/h3-5,8-9,14,17H,2,6-7,10-13,15H2,1H3. The molecule has 1 aliphatic heterocycles. The molecular weight excluding hydrogens is 316 g/mol. The van der Waals surface area contributed by atoms with E-state index in [-0.39, 0.29) is 18.6 Å². The second-order valence-corrected chi connectivity index (χ2v) is 6.40. The van der Waals surface area contributed by atoms with Crippen LogP contribution in [0.15, 0.2) is 36.5 Å². The van der Waals surface area contributed by atoms with Crippen molar-refractivity contribution in [3.63, 3.8) is 0 Å². The Morgan fingerprint density at radius 3 is 2.92 bits per heavy atom. The molecular formula is C19H26N4O2. The summed E-state index contributed by atoms with van der Waals surface area (Å²) in [7, 11) is 0. The molecule has 0 bridgehead atoms. The van der Waals surface area contributed by atoms with Crippen LogP contribution in [0.5, 0.6) is 0 Å². The van der Waals surface area contributed by atoms with Gasteiger partial charge in [-0.3, -0.25) is 9.48 Å². The number of amides is 1. The predicted octanol–water partition coefficient (Wildman–Crippen LogP) is 2.75. The van der Waals surface area contributed by atoms with Gasteiger partial charge in [0.25, 0.3) is 0 Å². The van der Waals surface area contributed by atoms with Crippen LogP contribution in [0.25, 0.3) is 11.3 Å². The van der Waals surface area contributed by atoms with Gasteiger partial charge in [-0.15, -0.1) is 5.10 Å². The Labute approximate surface area is 148 Å². The lowest BCUT2D eigenvalue weighted by atomic mass is 9.99. The molecule has 1 fully saturated rings. The molecule has 1 aliphatic rings. The number of aryl methyl sites for hydroxylation is 1. The van der Waals surface area contributed by atoms with E-state index in [1.54, 1.807) is 0 Å². The molecule has 1 aromatic heterocycles. The fourth-order valence-electron chi connectivity index (χ4n) is 3.33. The average molecular weight is 342 g/mol. The summed E-state index contributed by atoms with van der Waals surface area (Å²) in [6.07, 6.45) is 6.18. The molecule has 134 valence electrons. The summed E-state index contributed by atoms with van der Waals surface area (Å²) in [6, 6.07) is 10.3. The largest absolute Gasteiger partial charge is 0.372 e. The summed E-state index contributed by atoms with van der Waals surface area (Å²) in [5.41, 5.74) is 1.95. The van der Waals surface area contributed by atoms with Crippen LogP contribution in [-0.2, 0) is 16.1 Å². The van der Waals surface area contributed by atoms with Crippen molar-refractivity contribution in [3.05, 3.63) is 36.5 Å². The van der Waals surface area contributed by atoms with Crippen molar-refractivity contribution in [2.75, 3.05) is 19.8 Å². The molecule has 0 saturated carbocycles. The van der Waals surface area contributed by atoms with Crippen LogP contribution in [0, 0.1) is 0 Å². The zero-order valence-electron chi connectivity index (χ0n) is 14.8. The minimum absolute atomic E-state index is 0.107. The summed E-state index contributed by atoms with van der Waals surface area (Å²) in [4.78, 5) is 14.3. The van der Waals surface area contributed by atoms with E-state index >= 15 is 0 Å². The quantitative estimate of drug-likeness (QED) is 0.776. The minimum Gasteiger partial charge on any atom is -0.372 e. The fraction of sp³-hybridized carbons (Fsp3) is 0.526. The first-order valence-corrected chi connectivity index (χ1v) is 9.10. The number of carbonyl (C=O) groups excluding carboxylic acids is 1. The van der Waals surface area contributed by atoms with Crippen LogP contribution in [0.3, 0.4) is 0 Å². The molecule has 1 atom stereocenters. The number of ether oxygens (including phenoxy) is 1. The lowest BCUT2D eigenvalue weighted by Crippen LogP contribution is -2.45. The highest BCUT2D eigenvalue weighted by Gasteiger charge is 2.26. The van der Waals surface area contributed by atoms with E-state index in [2.05, 4.69) is 10.3 Å². The SMILES string of the molecule is CCOCC(=O)N1CCCCC1CCn1cc(-c2ccccc2)nn1. The Morgan fingerprint density at radius 1 is 1.28 bits per heavy atom.